The van der Waals surface area contributed by atoms with Gasteiger partial charge in [0.15, 0.2) is 0 Å². The lowest BCUT2D eigenvalue weighted by Gasteiger charge is -2.37. The second-order valence-electron chi connectivity index (χ2n) is 8.21. The monoisotopic (exact) mass is 436 g/mol. The number of carbonyl (C=O) groups is 1. The van der Waals surface area contributed by atoms with Crippen molar-refractivity contribution in [1.29, 1.82) is 0 Å². The van der Waals surface area contributed by atoms with Crippen LogP contribution >= 0.6 is 0 Å². The number of anilines is 1. The first-order valence-electron chi connectivity index (χ1n) is 10.6. The molecule has 7 heteroatoms. The van der Waals surface area contributed by atoms with Gasteiger partial charge in [-0.1, -0.05) is 24.3 Å². The number of benzene rings is 2. The molecule has 1 aliphatic carbocycles. The highest BCUT2D eigenvalue weighted by atomic mass is 19.3. The van der Waals surface area contributed by atoms with Gasteiger partial charge in [0.2, 0.25) is 0 Å². The third kappa shape index (κ3) is 3.52. The van der Waals surface area contributed by atoms with Crippen molar-refractivity contribution >= 4 is 11.6 Å². The molecule has 1 aromatic heterocycles. The highest BCUT2D eigenvalue weighted by Crippen LogP contribution is 2.42. The van der Waals surface area contributed by atoms with E-state index < -0.39 is 18.6 Å². The average Bonchev–Trinajstić information content (AvgIpc) is 3.13. The summed E-state index contributed by atoms with van der Waals surface area (Å²) in [5.74, 6) is 0.155. The van der Waals surface area contributed by atoms with Crippen LogP contribution in [0, 0.1) is 0 Å². The van der Waals surface area contributed by atoms with Gasteiger partial charge in [-0.3, -0.25) is 9.78 Å². The number of aromatic nitrogens is 1. The molecule has 1 fully saturated rings. The maximum absolute atomic E-state index is 13.1. The summed E-state index contributed by atoms with van der Waals surface area (Å²) >= 11 is 0. The summed E-state index contributed by atoms with van der Waals surface area (Å²) in [6.45, 7) is -0.403. The van der Waals surface area contributed by atoms with E-state index in [1.54, 1.807) is 41.4 Å². The topological polar surface area (TPSA) is 62.7 Å². The van der Waals surface area contributed by atoms with E-state index in [4.69, 9.17) is 4.74 Å². The molecule has 32 heavy (non-hydrogen) atoms. The van der Waals surface area contributed by atoms with Crippen molar-refractivity contribution in [2.45, 2.75) is 37.8 Å². The van der Waals surface area contributed by atoms with E-state index >= 15 is 0 Å². The second kappa shape index (κ2) is 7.98. The van der Waals surface area contributed by atoms with Gasteiger partial charge in [-0.2, -0.15) is 0 Å². The lowest BCUT2D eigenvalue weighted by atomic mass is 9.75. The maximum Gasteiger partial charge on any atom is 0.272 e. The SMILES string of the molecule is O=C1c2ccnc(-c3ccccc3OCC(F)F)c2CN1c1ccc(C2(O)CCC2)cc1. The number of alkyl halides is 2. The Morgan fingerprint density at radius 3 is 2.50 bits per heavy atom. The summed E-state index contributed by atoms with van der Waals surface area (Å²) in [6.07, 6.45) is 1.48. The smallest absolute Gasteiger partial charge is 0.272 e. The van der Waals surface area contributed by atoms with E-state index in [0.29, 0.717) is 29.1 Å². The molecule has 0 atom stereocenters. The van der Waals surface area contributed by atoms with Crippen LogP contribution in [0.15, 0.2) is 60.8 Å². The Morgan fingerprint density at radius 1 is 1.06 bits per heavy atom. The Morgan fingerprint density at radius 2 is 1.81 bits per heavy atom. The van der Waals surface area contributed by atoms with Crippen molar-refractivity contribution < 1.29 is 23.4 Å². The molecule has 0 bridgehead atoms. The summed E-state index contributed by atoms with van der Waals surface area (Å²) in [5, 5.41) is 10.6. The van der Waals surface area contributed by atoms with Gasteiger partial charge < -0.3 is 14.7 Å². The molecule has 164 valence electrons. The number of para-hydroxylation sites is 1. The van der Waals surface area contributed by atoms with Gasteiger partial charge >= 0.3 is 0 Å². The molecule has 1 saturated carbocycles. The largest absolute Gasteiger partial charge is 0.487 e. The standard InChI is InChI=1S/C25H22F2N2O3/c26-22(27)15-32-21-5-2-1-4-19(21)23-20-14-29(24(30)18(20)10-13-28-23)17-8-6-16(7-9-17)25(31)11-3-12-25/h1-2,4-10,13,22,31H,3,11-12,14-15H2. The van der Waals surface area contributed by atoms with E-state index in [9.17, 15) is 18.7 Å². The number of ether oxygens (including phenoxy) is 1. The van der Waals surface area contributed by atoms with Crippen LogP contribution in [0.5, 0.6) is 5.75 Å². The van der Waals surface area contributed by atoms with Gasteiger partial charge in [0.1, 0.15) is 12.4 Å². The summed E-state index contributed by atoms with van der Waals surface area (Å²) in [7, 11) is 0. The molecule has 2 aliphatic rings. The molecule has 0 spiro atoms. The normalized spacial score (nSPS) is 16.8. The van der Waals surface area contributed by atoms with E-state index in [1.807, 2.05) is 24.3 Å². The zero-order valence-corrected chi connectivity index (χ0v) is 17.3. The van der Waals surface area contributed by atoms with Crippen LogP contribution in [0.2, 0.25) is 0 Å². The minimum absolute atomic E-state index is 0.148. The average molecular weight is 436 g/mol. The summed E-state index contributed by atoms with van der Waals surface area (Å²) in [4.78, 5) is 19.3. The molecule has 0 unspecified atom stereocenters. The Kier molecular flexibility index (Phi) is 5.13. The van der Waals surface area contributed by atoms with E-state index in [-0.39, 0.29) is 5.91 Å². The summed E-state index contributed by atoms with van der Waals surface area (Å²) in [5.41, 5.74) is 3.21. The van der Waals surface area contributed by atoms with Gasteiger partial charge in [-0.15, -0.1) is 0 Å². The Labute approximate surface area is 184 Å². The van der Waals surface area contributed by atoms with Crippen molar-refractivity contribution in [2.24, 2.45) is 0 Å². The van der Waals surface area contributed by atoms with Crippen molar-refractivity contribution in [2.75, 3.05) is 11.5 Å². The molecular formula is C25H22F2N2O3. The molecule has 2 heterocycles. The van der Waals surface area contributed by atoms with Crippen LogP contribution in [-0.2, 0) is 12.1 Å². The molecule has 0 saturated heterocycles. The van der Waals surface area contributed by atoms with E-state index in [2.05, 4.69) is 4.98 Å². The van der Waals surface area contributed by atoms with Gasteiger partial charge in [0, 0.05) is 28.6 Å². The maximum atomic E-state index is 13.1. The Bertz CT molecular complexity index is 1160. The number of hydrogen-bond donors (Lipinski definition) is 1. The molecule has 0 radical (unpaired) electrons. The van der Waals surface area contributed by atoms with Crippen molar-refractivity contribution in [1.82, 2.24) is 4.98 Å². The number of pyridine rings is 1. The number of carbonyl (C=O) groups excluding carboxylic acids is 1. The lowest BCUT2D eigenvalue weighted by Crippen LogP contribution is -2.33. The second-order valence-corrected chi connectivity index (χ2v) is 8.21. The Hall–Kier alpha value is -3.32. The van der Waals surface area contributed by atoms with Gasteiger partial charge in [0.25, 0.3) is 12.3 Å². The first kappa shape index (κ1) is 20.6. The number of aliphatic hydroxyl groups is 1. The fourth-order valence-corrected chi connectivity index (χ4v) is 4.36. The van der Waals surface area contributed by atoms with Crippen molar-refractivity contribution in [3.8, 4) is 17.0 Å². The van der Waals surface area contributed by atoms with Crippen LogP contribution in [-0.4, -0.2) is 29.0 Å². The predicted octanol–water partition coefficient (Wildman–Crippen LogP) is 4.92. The number of rotatable bonds is 6. The fraction of sp³-hybridized carbons (Fsp3) is 0.280. The van der Waals surface area contributed by atoms with Crippen LogP contribution in [0.4, 0.5) is 14.5 Å². The van der Waals surface area contributed by atoms with Crippen LogP contribution in [0.1, 0.15) is 40.7 Å². The van der Waals surface area contributed by atoms with Crippen LogP contribution in [0.3, 0.4) is 0 Å². The molecule has 1 N–H and O–H groups in total. The predicted molar refractivity (Wildman–Crippen MR) is 116 cm³/mol. The Balaban J connectivity index is 1.46. The molecule has 3 aromatic rings. The number of fused-ring (bicyclic) bond motifs is 1. The first-order valence-corrected chi connectivity index (χ1v) is 10.6. The van der Waals surface area contributed by atoms with Gasteiger partial charge in [-0.05, 0) is 55.2 Å². The zero-order chi connectivity index (χ0) is 22.3. The summed E-state index contributed by atoms with van der Waals surface area (Å²) in [6, 6.07) is 16.0. The number of halogens is 2. The number of amides is 1. The van der Waals surface area contributed by atoms with Gasteiger partial charge in [0.05, 0.1) is 17.8 Å². The minimum Gasteiger partial charge on any atom is -0.487 e. The van der Waals surface area contributed by atoms with Gasteiger partial charge in [-0.25, -0.2) is 8.78 Å². The molecule has 1 aliphatic heterocycles. The third-order valence-electron chi connectivity index (χ3n) is 6.25. The molecule has 2 aromatic carbocycles. The number of nitrogens with zero attached hydrogens (tertiary/aromatic N) is 2. The highest BCUT2D eigenvalue weighted by molar-refractivity contribution is 6.11. The first-order chi connectivity index (χ1) is 15.5. The van der Waals surface area contributed by atoms with Crippen LogP contribution < -0.4 is 9.64 Å². The molecule has 5 nitrogen and oxygen atoms in total. The summed E-state index contributed by atoms with van der Waals surface area (Å²) < 4.78 is 30.7. The number of hydrogen-bond acceptors (Lipinski definition) is 4. The highest BCUT2D eigenvalue weighted by Gasteiger charge is 2.37. The molecule has 1 amide bonds. The van der Waals surface area contributed by atoms with E-state index in [0.717, 1.165) is 36.1 Å². The quantitative estimate of drug-likeness (QED) is 0.596. The molecular weight excluding hydrogens is 414 g/mol. The third-order valence-corrected chi connectivity index (χ3v) is 6.25. The van der Waals surface area contributed by atoms with Crippen LogP contribution in [0.25, 0.3) is 11.3 Å². The van der Waals surface area contributed by atoms with Crippen molar-refractivity contribution in [3.05, 3.63) is 77.5 Å². The molecule has 5 rings (SSSR count). The zero-order valence-electron chi connectivity index (χ0n) is 17.3. The fourth-order valence-electron chi connectivity index (χ4n) is 4.36. The van der Waals surface area contributed by atoms with E-state index in [1.165, 1.54) is 0 Å². The lowest BCUT2D eigenvalue weighted by molar-refractivity contribution is -0.0387. The van der Waals surface area contributed by atoms with Crippen molar-refractivity contribution in [3.63, 3.8) is 0 Å². The minimum atomic E-state index is -2.59.